The number of benzene rings is 4. The molecule has 4 heterocycles. The second kappa shape index (κ2) is 9.03. The van der Waals surface area contributed by atoms with Crippen LogP contribution in [0.5, 0.6) is 0 Å². The van der Waals surface area contributed by atoms with E-state index in [-0.39, 0.29) is 22.5 Å². The lowest BCUT2D eigenvalue weighted by molar-refractivity contribution is -0.122. The quantitative estimate of drug-likeness (QED) is 0.234. The van der Waals surface area contributed by atoms with Crippen molar-refractivity contribution in [3.63, 3.8) is 0 Å². The maximum Gasteiger partial charge on any atom is 0.238 e. The molecule has 204 valence electrons. The average Bonchev–Trinajstić information content (AvgIpc) is 3.68. The summed E-state index contributed by atoms with van der Waals surface area (Å²) in [5.41, 5.74) is 2.51. The first-order valence-corrected chi connectivity index (χ1v) is 14.1. The fourth-order valence-corrected chi connectivity index (χ4v) is 7.47. The number of amides is 1. The van der Waals surface area contributed by atoms with E-state index < -0.39 is 29.2 Å². The third-order valence-electron chi connectivity index (χ3n) is 8.93. The van der Waals surface area contributed by atoms with Gasteiger partial charge in [-0.2, -0.15) is 0 Å². The summed E-state index contributed by atoms with van der Waals surface area (Å²) in [5.74, 6) is -2.10. The summed E-state index contributed by atoms with van der Waals surface area (Å²) >= 11 is 6.57. The third-order valence-corrected chi connectivity index (χ3v) is 9.26. The fraction of sp³-hybridized carbons (Fsp3) is 0.114. The van der Waals surface area contributed by atoms with Gasteiger partial charge in [0.25, 0.3) is 0 Å². The van der Waals surface area contributed by atoms with Gasteiger partial charge in [-0.1, -0.05) is 84.4 Å². The lowest BCUT2D eigenvalue weighted by Gasteiger charge is -2.38. The molecule has 4 aromatic carbocycles. The number of Topliss-reactive ketones (excluding diaryl/α,β-unsaturated/α-hetero) is 2. The second-order valence-electron chi connectivity index (χ2n) is 10.9. The average molecular weight is 571 g/mol. The zero-order chi connectivity index (χ0) is 28.6. The molecule has 3 aliphatic heterocycles. The van der Waals surface area contributed by atoms with Gasteiger partial charge in [-0.05, 0) is 53.1 Å². The Morgan fingerprint density at radius 3 is 2.45 bits per heavy atom. The van der Waals surface area contributed by atoms with Gasteiger partial charge in [0.1, 0.15) is 17.0 Å². The van der Waals surface area contributed by atoms with Crippen LogP contribution in [-0.2, 0) is 10.2 Å². The lowest BCUT2D eigenvalue weighted by atomic mass is 9.63. The van der Waals surface area contributed by atoms with E-state index in [1.807, 2.05) is 83.9 Å². The van der Waals surface area contributed by atoms with Crippen LogP contribution in [0.3, 0.4) is 0 Å². The molecule has 1 fully saturated rings. The van der Waals surface area contributed by atoms with Crippen molar-refractivity contribution < 1.29 is 18.8 Å². The summed E-state index contributed by atoms with van der Waals surface area (Å²) in [4.78, 5) is 46.0. The summed E-state index contributed by atoms with van der Waals surface area (Å²) < 4.78 is 6.09. The molecule has 0 radical (unpaired) electrons. The fourth-order valence-electron chi connectivity index (χ4n) is 7.24. The molecule has 1 spiro atoms. The molecule has 6 nitrogen and oxygen atoms in total. The molecule has 0 saturated carbocycles. The molecule has 7 heteroatoms. The second-order valence-corrected chi connectivity index (χ2v) is 11.3. The number of hydrogen-bond acceptors (Lipinski definition) is 5. The Morgan fingerprint density at radius 1 is 0.857 bits per heavy atom. The van der Waals surface area contributed by atoms with E-state index in [0.717, 1.165) is 16.5 Å². The highest BCUT2D eigenvalue weighted by Gasteiger charge is 2.71. The topological polar surface area (TPSA) is 79.6 Å². The molecule has 1 aromatic heterocycles. The van der Waals surface area contributed by atoms with Gasteiger partial charge in [-0.15, -0.1) is 0 Å². The van der Waals surface area contributed by atoms with Gasteiger partial charge in [0, 0.05) is 22.8 Å². The van der Waals surface area contributed by atoms with Crippen LogP contribution < -0.4 is 5.32 Å². The van der Waals surface area contributed by atoms with Crippen molar-refractivity contribution in [3.05, 3.63) is 142 Å². The van der Waals surface area contributed by atoms with Gasteiger partial charge >= 0.3 is 0 Å². The van der Waals surface area contributed by atoms with Crippen LogP contribution in [0.15, 0.2) is 114 Å². The number of fused-ring (bicyclic) bond motifs is 7. The van der Waals surface area contributed by atoms with Gasteiger partial charge in [-0.25, -0.2) is 0 Å². The zero-order valence-corrected chi connectivity index (χ0v) is 22.9. The van der Waals surface area contributed by atoms with E-state index in [9.17, 15) is 14.4 Å². The summed E-state index contributed by atoms with van der Waals surface area (Å²) in [6, 6.07) is 29.4. The summed E-state index contributed by atoms with van der Waals surface area (Å²) in [6.07, 6.45) is 3.77. The molecule has 3 aliphatic rings. The maximum atomic E-state index is 14.9. The van der Waals surface area contributed by atoms with Crippen molar-refractivity contribution in [2.24, 2.45) is 5.92 Å². The predicted molar refractivity (Wildman–Crippen MR) is 160 cm³/mol. The molecule has 4 atom stereocenters. The maximum absolute atomic E-state index is 14.9. The number of nitrogens with one attached hydrogen (secondary N) is 1. The van der Waals surface area contributed by atoms with E-state index in [1.54, 1.807) is 36.4 Å². The van der Waals surface area contributed by atoms with Crippen LogP contribution in [0.25, 0.3) is 17.0 Å². The number of furan rings is 1. The molecule has 8 rings (SSSR count). The highest BCUT2D eigenvalue weighted by molar-refractivity contribution is 6.34. The van der Waals surface area contributed by atoms with E-state index in [1.165, 1.54) is 0 Å². The van der Waals surface area contributed by atoms with Crippen molar-refractivity contribution in [1.29, 1.82) is 0 Å². The van der Waals surface area contributed by atoms with Gasteiger partial charge in [0.15, 0.2) is 11.5 Å². The number of anilines is 1. The number of para-hydroxylation sites is 2. The third kappa shape index (κ3) is 3.24. The summed E-state index contributed by atoms with van der Waals surface area (Å²) in [5, 5.41) is 4.11. The molecular weight excluding hydrogens is 548 g/mol. The monoisotopic (exact) mass is 570 g/mol. The summed E-state index contributed by atoms with van der Waals surface area (Å²) in [6.45, 7) is 0. The van der Waals surface area contributed by atoms with Crippen LogP contribution in [0.4, 0.5) is 5.69 Å². The van der Waals surface area contributed by atoms with Crippen molar-refractivity contribution >= 4 is 51.8 Å². The first-order valence-electron chi connectivity index (χ1n) is 13.8. The van der Waals surface area contributed by atoms with Crippen LogP contribution in [0, 0.1) is 5.92 Å². The number of carbonyl (C=O) groups is 3. The predicted octanol–water partition coefficient (Wildman–Crippen LogP) is 7.07. The van der Waals surface area contributed by atoms with E-state index in [4.69, 9.17) is 16.0 Å². The van der Waals surface area contributed by atoms with Gasteiger partial charge in [0.05, 0.1) is 17.0 Å². The van der Waals surface area contributed by atoms with E-state index in [0.29, 0.717) is 22.4 Å². The molecule has 1 N–H and O–H groups in total. The molecule has 0 bridgehead atoms. The van der Waals surface area contributed by atoms with Crippen molar-refractivity contribution in [3.8, 4) is 0 Å². The van der Waals surface area contributed by atoms with E-state index >= 15 is 0 Å². The number of carbonyl (C=O) groups excluding carboxylic acids is 3. The number of rotatable bonds is 4. The van der Waals surface area contributed by atoms with Crippen molar-refractivity contribution in [1.82, 2.24) is 4.90 Å². The minimum absolute atomic E-state index is 0.104. The largest absolute Gasteiger partial charge is 0.453 e. The Hall–Kier alpha value is -4.94. The molecule has 1 saturated heterocycles. The standard InChI is InChI=1S/C35H23ClN2O4/c36-25-14-6-4-12-23(25)31(39)30-29(32(40)28-19-21-10-2-8-16-27(21)42-28)35(24-13-5-7-15-26(24)37-34(35)41)33-22-11-3-1-9-20(22)17-18-38(30)33/h1-19,29-30,33H,(H,37,41)/t29-,30+,33-,35+/m1/s1. The Balaban J connectivity index is 1.44. The minimum atomic E-state index is -1.44. The Labute approximate surface area is 246 Å². The zero-order valence-electron chi connectivity index (χ0n) is 22.2. The van der Waals surface area contributed by atoms with Crippen molar-refractivity contribution in [2.45, 2.75) is 17.5 Å². The van der Waals surface area contributed by atoms with Crippen LogP contribution in [0.2, 0.25) is 5.02 Å². The number of halogens is 1. The van der Waals surface area contributed by atoms with Gasteiger partial charge < -0.3 is 14.6 Å². The first kappa shape index (κ1) is 24.8. The van der Waals surface area contributed by atoms with Crippen LogP contribution in [-0.4, -0.2) is 28.4 Å². The lowest BCUT2D eigenvalue weighted by Crippen LogP contribution is -2.49. The Kier molecular flexibility index (Phi) is 5.34. The Bertz CT molecular complexity index is 1960. The number of hydrogen-bond donors (Lipinski definition) is 1. The molecule has 0 unspecified atom stereocenters. The number of nitrogens with zero attached hydrogens (tertiary/aromatic N) is 1. The van der Waals surface area contributed by atoms with Gasteiger partial charge in [0.2, 0.25) is 11.7 Å². The molecule has 5 aromatic rings. The highest BCUT2D eigenvalue weighted by atomic mass is 35.5. The van der Waals surface area contributed by atoms with Gasteiger partial charge in [-0.3, -0.25) is 14.4 Å². The first-order chi connectivity index (χ1) is 20.5. The number of ketones is 2. The smallest absolute Gasteiger partial charge is 0.238 e. The molecule has 0 aliphatic carbocycles. The molecule has 42 heavy (non-hydrogen) atoms. The van der Waals surface area contributed by atoms with Crippen LogP contribution in [0.1, 0.15) is 43.6 Å². The normalized spacial score (nSPS) is 23.5. The van der Waals surface area contributed by atoms with Crippen molar-refractivity contribution in [2.75, 3.05) is 5.32 Å². The minimum Gasteiger partial charge on any atom is -0.453 e. The SMILES string of the molecule is O=C(c1ccccc1Cl)[C@@H]1[C@H](C(=O)c2cc3ccccc3o2)[C@]2(C(=O)Nc3ccccc32)[C@H]2c3ccccc3C=CN12. The molecular formula is C35H23ClN2O4. The van der Waals surface area contributed by atoms with E-state index in [2.05, 4.69) is 5.32 Å². The highest BCUT2D eigenvalue weighted by Crippen LogP contribution is 2.62. The summed E-state index contributed by atoms with van der Waals surface area (Å²) in [7, 11) is 0. The molecule has 1 amide bonds. The van der Waals surface area contributed by atoms with Crippen LogP contribution >= 0.6 is 11.6 Å². The Morgan fingerprint density at radius 2 is 1.60 bits per heavy atom.